The van der Waals surface area contributed by atoms with Crippen LogP contribution in [-0.2, 0) is 16.1 Å². The van der Waals surface area contributed by atoms with Crippen molar-refractivity contribution in [3.05, 3.63) is 47.2 Å². The van der Waals surface area contributed by atoms with Gasteiger partial charge in [-0.15, -0.1) is 0 Å². The number of amides is 1. The summed E-state index contributed by atoms with van der Waals surface area (Å²) < 4.78 is 0. The Morgan fingerprint density at radius 1 is 1.38 bits per heavy atom. The molecule has 0 radical (unpaired) electrons. The molecule has 0 aliphatic rings. The van der Waals surface area contributed by atoms with E-state index in [2.05, 4.69) is 10.6 Å². The summed E-state index contributed by atoms with van der Waals surface area (Å²) in [5.74, 6) is -1.88. The number of carbonyl (C=O) groups excluding carboxylic acids is 1. The van der Waals surface area contributed by atoms with Crippen molar-refractivity contribution in [3.8, 4) is 6.07 Å². The fourth-order valence-corrected chi connectivity index (χ4v) is 1.46. The van der Waals surface area contributed by atoms with Crippen molar-refractivity contribution < 1.29 is 14.7 Å². The van der Waals surface area contributed by atoms with E-state index in [1.54, 1.807) is 6.07 Å². The maximum Gasteiger partial charge on any atom is 0.325 e. The Labute approximate surface area is 123 Å². The third-order valence-corrected chi connectivity index (χ3v) is 2.76. The standard InChI is InChI=1S/C15H17N3O3/c1-10-3-5-12(6-4-10)8-17-9-13(7-16)14(19)18-11(2)15(20)21/h3-6,9,11,17H,8H2,1-2H3,(H,18,19)(H,20,21)/b13-9-. The minimum Gasteiger partial charge on any atom is -0.480 e. The van der Waals surface area contributed by atoms with E-state index >= 15 is 0 Å². The summed E-state index contributed by atoms with van der Waals surface area (Å²) in [6.07, 6.45) is 1.28. The van der Waals surface area contributed by atoms with Crippen LogP contribution in [0.15, 0.2) is 36.0 Å². The molecule has 0 spiro atoms. The van der Waals surface area contributed by atoms with Crippen molar-refractivity contribution in [2.45, 2.75) is 26.4 Å². The number of rotatable bonds is 6. The van der Waals surface area contributed by atoms with Crippen molar-refractivity contribution in [3.63, 3.8) is 0 Å². The lowest BCUT2D eigenvalue weighted by Crippen LogP contribution is -2.39. The summed E-state index contributed by atoms with van der Waals surface area (Å²) in [7, 11) is 0. The quantitative estimate of drug-likeness (QED) is 0.537. The van der Waals surface area contributed by atoms with Crippen LogP contribution in [0.5, 0.6) is 0 Å². The Hall–Kier alpha value is -2.81. The Morgan fingerprint density at radius 3 is 2.52 bits per heavy atom. The maximum absolute atomic E-state index is 11.7. The highest BCUT2D eigenvalue weighted by molar-refractivity contribution is 5.99. The van der Waals surface area contributed by atoms with Gasteiger partial charge in [0.1, 0.15) is 17.7 Å². The second-order valence-electron chi connectivity index (χ2n) is 4.57. The lowest BCUT2D eigenvalue weighted by atomic mass is 10.1. The van der Waals surface area contributed by atoms with Gasteiger partial charge in [-0.2, -0.15) is 5.26 Å². The summed E-state index contributed by atoms with van der Waals surface area (Å²) in [5, 5.41) is 22.7. The Morgan fingerprint density at radius 2 is 2.00 bits per heavy atom. The molecule has 1 amide bonds. The van der Waals surface area contributed by atoms with Crippen molar-refractivity contribution in [2.75, 3.05) is 0 Å². The van der Waals surface area contributed by atoms with Gasteiger partial charge in [0.05, 0.1) is 0 Å². The summed E-state index contributed by atoms with van der Waals surface area (Å²) >= 11 is 0. The van der Waals surface area contributed by atoms with Crippen molar-refractivity contribution >= 4 is 11.9 Å². The van der Waals surface area contributed by atoms with E-state index in [9.17, 15) is 9.59 Å². The molecule has 0 saturated heterocycles. The van der Waals surface area contributed by atoms with Crippen molar-refractivity contribution in [1.29, 1.82) is 5.26 Å². The molecule has 21 heavy (non-hydrogen) atoms. The predicted molar refractivity (Wildman–Crippen MR) is 77.0 cm³/mol. The minimum atomic E-state index is -1.16. The fourth-order valence-electron chi connectivity index (χ4n) is 1.46. The van der Waals surface area contributed by atoms with Crippen molar-refractivity contribution in [1.82, 2.24) is 10.6 Å². The van der Waals surface area contributed by atoms with Gasteiger partial charge in [-0.1, -0.05) is 29.8 Å². The fraction of sp³-hybridized carbons (Fsp3) is 0.267. The van der Waals surface area contributed by atoms with Gasteiger partial charge in [0.2, 0.25) is 0 Å². The average Bonchev–Trinajstić information content (AvgIpc) is 2.45. The lowest BCUT2D eigenvalue weighted by molar-refractivity contribution is -0.140. The molecule has 3 N–H and O–H groups in total. The number of hydrogen-bond donors (Lipinski definition) is 3. The SMILES string of the molecule is Cc1ccc(CN/C=C(/C#N)C(=O)NC(C)C(=O)O)cc1. The third kappa shape index (κ3) is 5.37. The van der Waals surface area contributed by atoms with Crippen LogP contribution in [0.2, 0.25) is 0 Å². The molecule has 0 fully saturated rings. The second kappa shape index (κ2) is 7.70. The van der Waals surface area contributed by atoms with E-state index < -0.39 is 17.9 Å². The van der Waals surface area contributed by atoms with Gasteiger partial charge in [-0.25, -0.2) is 0 Å². The Balaban J connectivity index is 2.59. The zero-order valence-electron chi connectivity index (χ0n) is 11.9. The smallest absolute Gasteiger partial charge is 0.325 e. The molecule has 0 aromatic heterocycles. The molecule has 110 valence electrons. The molecule has 6 nitrogen and oxygen atoms in total. The zero-order chi connectivity index (χ0) is 15.8. The summed E-state index contributed by atoms with van der Waals surface area (Å²) in [6.45, 7) is 3.78. The van der Waals surface area contributed by atoms with Crippen LogP contribution in [0, 0.1) is 18.3 Å². The molecule has 1 rings (SSSR count). The summed E-state index contributed by atoms with van der Waals surface area (Å²) in [6, 6.07) is 8.49. The van der Waals surface area contributed by atoms with Crippen LogP contribution in [-0.4, -0.2) is 23.0 Å². The number of aliphatic carboxylic acids is 1. The zero-order valence-corrected chi connectivity index (χ0v) is 11.9. The van der Waals surface area contributed by atoms with Crippen LogP contribution < -0.4 is 10.6 Å². The topological polar surface area (TPSA) is 102 Å². The third-order valence-electron chi connectivity index (χ3n) is 2.76. The average molecular weight is 287 g/mol. The maximum atomic E-state index is 11.7. The van der Waals surface area contributed by atoms with Crippen LogP contribution in [0.4, 0.5) is 0 Å². The van der Waals surface area contributed by atoms with Crippen LogP contribution in [0.25, 0.3) is 0 Å². The van der Waals surface area contributed by atoms with Gasteiger partial charge >= 0.3 is 5.97 Å². The lowest BCUT2D eigenvalue weighted by Gasteiger charge is -2.08. The van der Waals surface area contributed by atoms with Gasteiger partial charge in [-0.3, -0.25) is 9.59 Å². The largest absolute Gasteiger partial charge is 0.480 e. The number of nitrogens with zero attached hydrogens (tertiary/aromatic N) is 1. The van der Waals surface area contributed by atoms with E-state index in [-0.39, 0.29) is 5.57 Å². The molecule has 1 atom stereocenters. The Bertz CT molecular complexity index is 585. The number of nitriles is 1. The molecule has 6 heteroatoms. The molecule has 1 unspecified atom stereocenters. The Kier molecular flexibility index (Phi) is 5.96. The minimum absolute atomic E-state index is 0.171. The highest BCUT2D eigenvalue weighted by atomic mass is 16.4. The number of benzene rings is 1. The summed E-state index contributed by atoms with van der Waals surface area (Å²) in [5.41, 5.74) is 1.98. The molecule has 1 aromatic carbocycles. The number of carbonyl (C=O) groups is 2. The van der Waals surface area contributed by atoms with E-state index in [0.29, 0.717) is 6.54 Å². The van der Waals surface area contributed by atoms with E-state index in [1.807, 2.05) is 31.2 Å². The van der Waals surface area contributed by atoms with Crippen LogP contribution >= 0.6 is 0 Å². The first-order valence-electron chi connectivity index (χ1n) is 6.37. The number of hydrogen-bond acceptors (Lipinski definition) is 4. The van der Waals surface area contributed by atoms with Crippen LogP contribution in [0.3, 0.4) is 0 Å². The van der Waals surface area contributed by atoms with Gasteiger partial charge in [0.15, 0.2) is 0 Å². The summed E-state index contributed by atoms with van der Waals surface area (Å²) in [4.78, 5) is 22.3. The number of carboxylic acids is 1. The molecule has 0 bridgehead atoms. The molecule has 0 heterocycles. The monoisotopic (exact) mass is 287 g/mol. The highest BCUT2D eigenvalue weighted by Crippen LogP contribution is 2.02. The van der Waals surface area contributed by atoms with Gasteiger partial charge in [0.25, 0.3) is 5.91 Å². The molecule has 0 aliphatic carbocycles. The van der Waals surface area contributed by atoms with Gasteiger partial charge in [0, 0.05) is 12.7 Å². The molecule has 0 aliphatic heterocycles. The van der Waals surface area contributed by atoms with E-state index in [4.69, 9.17) is 10.4 Å². The molecular formula is C15H17N3O3. The first kappa shape index (κ1) is 16.2. The molecule has 1 aromatic rings. The second-order valence-corrected chi connectivity index (χ2v) is 4.57. The number of nitrogens with one attached hydrogen (secondary N) is 2. The first-order chi connectivity index (χ1) is 9.93. The van der Waals surface area contributed by atoms with Crippen molar-refractivity contribution in [2.24, 2.45) is 0 Å². The number of carboxylic acid groups (broad SMARTS) is 1. The van der Waals surface area contributed by atoms with Gasteiger partial charge < -0.3 is 15.7 Å². The molecule has 0 saturated carbocycles. The first-order valence-corrected chi connectivity index (χ1v) is 6.37. The van der Waals surface area contributed by atoms with E-state index in [1.165, 1.54) is 13.1 Å². The normalized spacial score (nSPS) is 12.1. The van der Waals surface area contributed by atoms with Gasteiger partial charge in [-0.05, 0) is 19.4 Å². The van der Waals surface area contributed by atoms with Crippen LogP contribution in [0.1, 0.15) is 18.1 Å². The highest BCUT2D eigenvalue weighted by Gasteiger charge is 2.16. The number of aryl methyl sites for hydroxylation is 1. The predicted octanol–water partition coefficient (Wildman–Crippen LogP) is 1.08. The van der Waals surface area contributed by atoms with E-state index in [0.717, 1.165) is 11.1 Å². The molecular weight excluding hydrogens is 270 g/mol.